The Labute approximate surface area is 134 Å². The smallest absolute Gasteiger partial charge is 0.203 e. The van der Waals surface area contributed by atoms with Crippen LogP contribution in [0.1, 0.15) is 24.6 Å². The summed E-state index contributed by atoms with van der Waals surface area (Å²) in [6, 6.07) is 4.40. The third-order valence-corrected chi connectivity index (χ3v) is 5.02. The maximum atomic E-state index is 13.5. The molecule has 1 N–H and O–H groups in total. The van der Waals surface area contributed by atoms with Crippen LogP contribution in [0, 0.1) is 9.39 Å². The lowest BCUT2D eigenvalue weighted by atomic mass is 10.1. The zero-order valence-corrected chi connectivity index (χ0v) is 13.5. The largest absolute Gasteiger partial charge is 0.390 e. The summed E-state index contributed by atoms with van der Waals surface area (Å²) in [5.74, 6) is -0.425. The molecule has 0 aliphatic carbocycles. The number of nitrogens with zero attached hydrogens (tertiary/aromatic N) is 1. The Bertz CT molecular complexity index is 738. The Morgan fingerprint density at radius 2 is 2.10 bits per heavy atom. The van der Waals surface area contributed by atoms with Gasteiger partial charge in [-0.3, -0.25) is 4.79 Å². The number of rotatable bonds is 2. The van der Waals surface area contributed by atoms with E-state index in [1.807, 2.05) is 27.2 Å². The molecule has 0 radical (unpaired) electrons. The molecule has 112 valence electrons. The maximum absolute atomic E-state index is 13.5. The topological polar surface area (TPSA) is 51.5 Å². The zero-order chi connectivity index (χ0) is 15.0. The van der Waals surface area contributed by atoms with Crippen LogP contribution in [0.15, 0.2) is 23.0 Å². The third-order valence-electron chi connectivity index (χ3n) is 3.91. The van der Waals surface area contributed by atoms with Crippen molar-refractivity contribution in [2.75, 3.05) is 13.2 Å². The molecule has 0 unspecified atom stereocenters. The van der Waals surface area contributed by atoms with Gasteiger partial charge in [-0.05, 0) is 53.6 Å². The summed E-state index contributed by atoms with van der Waals surface area (Å²) < 4.78 is 21.3. The summed E-state index contributed by atoms with van der Waals surface area (Å²) in [5, 5.41) is 10.1. The van der Waals surface area contributed by atoms with E-state index in [2.05, 4.69) is 0 Å². The molecule has 1 saturated heterocycles. The molecule has 1 aromatic heterocycles. The Hall–Kier alpha value is -0.990. The Morgan fingerprint density at radius 3 is 2.76 bits per heavy atom. The lowest BCUT2D eigenvalue weighted by Gasteiger charge is -2.29. The van der Waals surface area contributed by atoms with Gasteiger partial charge in [-0.25, -0.2) is 4.39 Å². The van der Waals surface area contributed by atoms with Gasteiger partial charge in [-0.1, -0.05) is 0 Å². The molecule has 2 aromatic rings. The van der Waals surface area contributed by atoms with Gasteiger partial charge in [0.1, 0.15) is 5.82 Å². The fraction of sp³-hybridized carbons (Fsp3) is 0.400. The van der Waals surface area contributed by atoms with Crippen LogP contribution >= 0.6 is 22.6 Å². The summed E-state index contributed by atoms with van der Waals surface area (Å²) in [7, 11) is 0. The first-order valence-electron chi connectivity index (χ1n) is 6.84. The maximum Gasteiger partial charge on any atom is 0.203 e. The zero-order valence-electron chi connectivity index (χ0n) is 11.3. The minimum absolute atomic E-state index is 0.156. The van der Waals surface area contributed by atoms with Gasteiger partial charge < -0.3 is 14.4 Å². The predicted molar refractivity (Wildman–Crippen MR) is 85.9 cm³/mol. The van der Waals surface area contributed by atoms with E-state index in [1.54, 1.807) is 6.07 Å². The highest BCUT2D eigenvalue weighted by Gasteiger charge is 2.23. The molecule has 0 atom stereocenters. The van der Waals surface area contributed by atoms with E-state index < -0.39 is 5.82 Å². The van der Waals surface area contributed by atoms with Gasteiger partial charge in [-0.15, -0.1) is 0 Å². The molecule has 1 fully saturated rings. The first-order valence-corrected chi connectivity index (χ1v) is 7.92. The van der Waals surface area contributed by atoms with Crippen LogP contribution in [0.4, 0.5) is 4.39 Å². The van der Waals surface area contributed by atoms with Crippen molar-refractivity contribution in [3.8, 4) is 0 Å². The standard InChI is InChI=1S/C15H15FINO3/c16-9-1-2-12-11(7-9)15(20)14(17)13(8-19)18(12)10-3-5-21-6-4-10/h1-2,7,10,19H,3-6,8H2. The van der Waals surface area contributed by atoms with E-state index in [9.17, 15) is 14.3 Å². The van der Waals surface area contributed by atoms with Crippen LogP contribution < -0.4 is 5.43 Å². The lowest BCUT2D eigenvalue weighted by molar-refractivity contribution is 0.0687. The minimum Gasteiger partial charge on any atom is -0.390 e. The van der Waals surface area contributed by atoms with E-state index in [4.69, 9.17) is 4.74 Å². The molecule has 1 aromatic carbocycles. The quantitative estimate of drug-likeness (QED) is 0.785. The van der Waals surface area contributed by atoms with Crippen molar-refractivity contribution in [2.45, 2.75) is 25.5 Å². The third kappa shape index (κ3) is 2.60. The highest BCUT2D eigenvalue weighted by atomic mass is 127. The SMILES string of the molecule is O=c1c(I)c(CO)n(C2CCOCC2)c2ccc(F)cc12. The van der Waals surface area contributed by atoms with Gasteiger partial charge in [0.05, 0.1) is 21.4 Å². The molecule has 4 nitrogen and oxygen atoms in total. The Kier molecular flexibility index (Phi) is 4.28. The number of aliphatic hydroxyl groups excluding tert-OH is 1. The summed E-state index contributed by atoms with van der Waals surface area (Å²) in [6.07, 6.45) is 1.64. The molecule has 21 heavy (non-hydrogen) atoms. The van der Waals surface area contributed by atoms with Gasteiger partial charge in [-0.2, -0.15) is 0 Å². The first-order chi connectivity index (χ1) is 10.1. The number of fused-ring (bicyclic) bond motifs is 1. The number of benzene rings is 1. The molecular formula is C15H15FINO3. The van der Waals surface area contributed by atoms with Gasteiger partial charge in [0.25, 0.3) is 0 Å². The number of aromatic nitrogens is 1. The molecule has 1 aliphatic heterocycles. The molecule has 0 bridgehead atoms. The molecule has 6 heteroatoms. The van der Waals surface area contributed by atoms with E-state index in [1.165, 1.54) is 12.1 Å². The number of hydrogen-bond acceptors (Lipinski definition) is 3. The monoisotopic (exact) mass is 403 g/mol. The average Bonchev–Trinajstić information content (AvgIpc) is 2.51. The van der Waals surface area contributed by atoms with Crippen LogP contribution in [0.2, 0.25) is 0 Å². The van der Waals surface area contributed by atoms with Crippen LogP contribution in [0.5, 0.6) is 0 Å². The van der Waals surface area contributed by atoms with Gasteiger partial charge in [0.2, 0.25) is 5.43 Å². The van der Waals surface area contributed by atoms with E-state index in [-0.39, 0.29) is 18.1 Å². The second kappa shape index (κ2) is 6.02. The van der Waals surface area contributed by atoms with E-state index in [0.29, 0.717) is 33.4 Å². The van der Waals surface area contributed by atoms with Gasteiger partial charge in [0.15, 0.2) is 0 Å². The van der Waals surface area contributed by atoms with Crippen molar-refractivity contribution in [1.29, 1.82) is 0 Å². The molecule has 0 saturated carbocycles. The van der Waals surface area contributed by atoms with Crippen LogP contribution in [0.25, 0.3) is 10.9 Å². The lowest BCUT2D eigenvalue weighted by Crippen LogP contribution is -2.26. The van der Waals surface area contributed by atoms with Crippen LogP contribution in [-0.4, -0.2) is 22.9 Å². The highest BCUT2D eigenvalue weighted by molar-refractivity contribution is 14.1. The van der Waals surface area contributed by atoms with Crippen molar-refractivity contribution in [3.05, 3.63) is 43.5 Å². The molecule has 0 spiro atoms. The average molecular weight is 403 g/mol. The number of hydrogen-bond donors (Lipinski definition) is 1. The fourth-order valence-corrected chi connectivity index (χ4v) is 3.63. The number of ether oxygens (including phenoxy) is 1. The summed E-state index contributed by atoms with van der Waals surface area (Å²) in [6.45, 7) is 1.10. The van der Waals surface area contributed by atoms with Gasteiger partial charge in [0, 0.05) is 24.6 Å². The highest BCUT2D eigenvalue weighted by Crippen LogP contribution is 2.29. The predicted octanol–water partition coefficient (Wildman–Crippen LogP) is 2.59. The molecular weight excluding hydrogens is 388 g/mol. The Morgan fingerprint density at radius 1 is 1.38 bits per heavy atom. The Balaban J connectivity index is 2.34. The number of halogens is 2. The van der Waals surface area contributed by atoms with Crippen molar-refractivity contribution < 1.29 is 14.2 Å². The minimum atomic E-state index is -0.425. The van der Waals surface area contributed by atoms with Crippen LogP contribution in [0.3, 0.4) is 0 Å². The number of pyridine rings is 1. The van der Waals surface area contributed by atoms with Crippen molar-refractivity contribution >= 4 is 33.5 Å². The first kappa shape index (κ1) is 14.9. The van der Waals surface area contributed by atoms with Crippen molar-refractivity contribution in [2.24, 2.45) is 0 Å². The normalized spacial score (nSPS) is 16.5. The number of aliphatic hydroxyl groups is 1. The summed E-state index contributed by atoms with van der Waals surface area (Å²) in [4.78, 5) is 12.4. The molecule has 2 heterocycles. The molecule has 3 rings (SSSR count). The molecule has 1 aliphatic rings. The van der Waals surface area contributed by atoms with E-state index in [0.717, 1.165) is 12.8 Å². The second-order valence-electron chi connectivity index (χ2n) is 5.12. The summed E-state index contributed by atoms with van der Waals surface area (Å²) >= 11 is 1.94. The van der Waals surface area contributed by atoms with Crippen molar-refractivity contribution in [3.63, 3.8) is 0 Å². The van der Waals surface area contributed by atoms with Gasteiger partial charge >= 0.3 is 0 Å². The second-order valence-corrected chi connectivity index (χ2v) is 6.20. The molecule has 0 amide bonds. The fourth-order valence-electron chi connectivity index (χ4n) is 2.91. The van der Waals surface area contributed by atoms with Crippen molar-refractivity contribution in [1.82, 2.24) is 4.57 Å². The summed E-state index contributed by atoms with van der Waals surface area (Å²) in [5.41, 5.74) is 1.06. The van der Waals surface area contributed by atoms with E-state index >= 15 is 0 Å². The van der Waals surface area contributed by atoms with Crippen LogP contribution in [-0.2, 0) is 11.3 Å².